The van der Waals surface area contributed by atoms with E-state index < -0.39 is 0 Å². The quantitative estimate of drug-likeness (QED) is 0.832. The zero-order valence-electron chi connectivity index (χ0n) is 11.2. The minimum atomic E-state index is -0.0209. The Bertz CT molecular complexity index is 385. The Hall–Kier alpha value is -1.35. The van der Waals surface area contributed by atoms with E-state index in [4.69, 9.17) is 0 Å². The molecule has 1 aliphatic rings. The zero-order chi connectivity index (χ0) is 13.0. The van der Waals surface area contributed by atoms with Gasteiger partial charge in [0.05, 0.1) is 5.92 Å². The number of benzene rings is 1. The van der Waals surface area contributed by atoms with Gasteiger partial charge in [-0.25, -0.2) is 0 Å². The molecule has 0 aliphatic heterocycles. The van der Waals surface area contributed by atoms with Crippen LogP contribution in [0.15, 0.2) is 30.3 Å². The van der Waals surface area contributed by atoms with E-state index in [0.717, 1.165) is 18.5 Å². The zero-order valence-corrected chi connectivity index (χ0v) is 11.2. The molecule has 0 aromatic heterocycles. The fourth-order valence-corrected chi connectivity index (χ4v) is 2.15. The van der Waals surface area contributed by atoms with Crippen molar-refractivity contribution in [1.29, 1.82) is 0 Å². The largest absolute Gasteiger partial charge is 0.348 e. The van der Waals surface area contributed by atoms with Crippen molar-refractivity contribution in [2.24, 2.45) is 0 Å². The second-order valence-electron chi connectivity index (χ2n) is 5.21. The predicted molar refractivity (Wildman–Crippen MR) is 73.5 cm³/mol. The average Bonchev–Trinajstić information content (AvgIpc) is 3.19. The maximum absolute atomic E-state index is 12.2. The summed E-state index contributed by atoms with van der Waals surface area (Å²) >= 11 is 0. The number of nitrogens with one attached hydrogen (secondary N) is 1. The summed E-state index contributed by atoms with van der Waals surface area (Å²) in [7, 11) is 3.65. The summed E-state index contributed by atoms with van der Waals surface area (Å²) in [6.45, 7) is 0.920. The molecule has 1 atom stereocenters. The summed E-state index contributed by atoms with van der Waals surface area (Å²) in [5.41, 5.74) is 1.12. The summed E-state index contributed by atoms with van der Waals surface area (Å²) in [5, 5.41) is 3.48. The van der Waals surface area contributed by atoms with Crippen LogP contribution in [0, 0.1) is 0 Å². The van der Waals surface area contributed by atoms with E-state index in [2.05, 4.69) is 5.32 Å². The summed E-state index contributed by atoms with van der Waals surface area (Å²) in [6.07, 6.45) is 3.45. The van der Waals surface area contributed by atoms with Crippen molar-refractivity contribution in [3.63, 3.8) is 0 Å². The minimum absolute atomic E-state index is 0.0209. The lowest BCUT2D eigenvalue weighted by atomic mass is 9.94. The normalized spacial score (nSPS) is 16.3. The van der Waals surface area contributed by atoms with E-state index >= 15 is 0 Å². The maximum atomic E-state index is 12.2. The number of hydrogen-bond donors (Lipinski definition) is 1. The van der Waals surface area contributed by atoms with Crippen LogP contribution in [0.5, 0.6) is 0 Å². The topological polar surface area (TPSA) is 32.3 Å². The number of likely N-dealkylation sites (N-methyl/N-ethyl adjacent to an activating group) is 1. The van der Waals surface area contributed by atoms with Crippen molar-refractivity contribution in [2.75, 3.05) is 20.6 Å². The predicted octanol–water partition coefficient (Wildman–Crippen LogP) is 2.00. The van der Waals surface area contributed by atoms with E-state index in [1.807, 2.05) is 44.4 Å². The first kappa shape index (κ1) is 13.1. The molecular formula is C15H22N2O. The fraction of sp³-hybridized carbons (Fsp3) is 0.533. The van der Waals surface area contributed by atoms with Crippen LogP contribution < -0.4 is 5.32 Å². The first-order chi connectivity index (χ1) is 8.68. The maximum Gasteiger partial charge on any atom is 0.229 e. The smallest absolute Gasteiger partial charge is 0.229 e. The molecule has 0 radical (unpaired) electrons. The van der Waals surface area contributed by atoms with Gasteiger partial charge in [0, 0.05) is 20.1 Å². The summed E-state index contributed by atoms with van der Waals surface area (Å²) in [4.78, 5) is 13.9. The molecule has 3 heteroatoms. The third-order valence-electron chi connectivity index (χ3n) is 3.38. The molecule has 1 amide bonds. The van der Waals surface area contributed by atoms with Gasteiger partial charge >= 0.3 is 0 Å². The van der Waals surface area contributed by atoms with Crippen molar-refractivity contribution in [3.05, 3.63) is 35.9 Å². The van der Waals surface area contributed by atoms with Crippen molar-refractivity contribution in [3.8, 4) is 0 Å². The number of carbonyl (C=O) groups is 1. The molecule has 1 unspecified atom stereocenters. The number of hydrogen-bond acceptors (Lipinski definition) is 2. The van der Waals surface area contributed by atoms with Crippen LogP contribution in [-0.2, 0) is 4.79 Å². The molecule has 1 aromatic rings. The van der Waals surface area contributed by atoms with Gasteiger partial charge in [0.2, 0.25) is 5.91 Å². The summed E-state index contributed by atoms with van der Waals surface area (Å²) in [6, 6.07) is 10.8. The van der Waals surface area contributed by atoms with Crippen LogP contribution in [0.1, 0.15) is 30.7 Å². The first-order valence-electron chi connectivity index (χ1n) is 6.68. The van der Waals surface area contributed by atoms with Crippen LogP contribution in [0.25, 0.3) is 0 Å². The number of amides is 1. The third-order valence-corrected chi connectivity index (χ3v) is 3.38. The van der Waals surface area contributed by atoms with Gasteiger partial charge in [0.1, 0.15) is 0 Å². The van der Waals surface area contributed by atoms with Gasteiger partial charge in [-0.05, 0) is 31.4 Å². The highest BCUT2D eigenvalue weighted by Crippen LogP contribution is 2.23. The lowest BCUT2D eigenvalue weighted by Crippen LogP contribution is -2.31. The molecule has 1 fully saturated rings. The lowest BCUT2D eigenvalue weighted by Gasteiger charge is -2.21. The fourth-order valence-electron chi connectivity index (χ4n) is 2.15. The Morgan fingerprint density at radius 3 is 2.56 bits per heavy atom. The summed E-state index contributed by atoms with van der Waals surface area (Å²) in [5.74, 6) is 0.172. The van der Waals surface area contributed by atoms with Crippen LogP contribution >= 0.6 is 0 Å². The van der Waals surface area contributed by atoms with E-state index in [9.17, 15) is 4.79 Å². The monoisotopic (exact) mass is 246 g/mol. The second kappa shape index (κ2) is 6.01. The van der Waals surface area contributed by atoms with Crippen LogP contribution in [0.3, 0.4) is 0 Å². The molecule has 0 bridgehead atoms. The molecule has 1 aromatic carbocycles. The van der Waals surface area contributed by atoms with Gasteiger partial charge in [-0.2, -0.15) is 0 Å². The second-order valence-corrected chi connectivity index (χ2v) is 5.21. The summed E-state index contributed by atoms with van der Waals surface area (Å²) < 4.78 is 0. The molecule has 0 saturated heterocycles. The Kier molecular flexibility index (Phi) is 4.37. The van der Waals surface area contributed by atoms with Crippen LogP contribution in [-0.4, -0.2) is 37.5 Å². The molecule has 18 heavy (non-hydrogen) atoms. The van der Waals surface area contributed by atoms with Gasteiger partial charge in [0.25, 0.3) is 0 Å². The van der Waals surface area contributed by atoms with E-state index in [0.29, 0.717) is 6.04 Å². The Morgan fingerprint density at radius 1 is 1.33 bits per heavy atom. The highest BCUT2D eigenvalue weighted by Gasteiger charge is 2.24. The Balaban J connectivity index is 1.99. The third kappa shape index (κ3) is 3.57. The lowest BCUT2D eigenvalue weighted by molar-refractivity contribution is -0.130. The van der Waals surface area contributed by atoms with Gasteiger partial charge in [-0.1, -0.05) is 30.3 Å². The van der Waals surface area contributed by atoms with Gasteiger partial charge in [-0.15, -0.1) is 0 Å². The standard InChI is InChI=1S/C15H22N2O/c1-17(2)15(18)14(10-11-16-13-8-9-13)12-6-4-3-5-7-12/h3-7,13-14,16H,8-11H2,1-2H3. The van der Waals surface area contributed by atoms with Gasteiger partial charge in [-0.3, -0.25) is 4.79 Å². The van der Waals surface area contributed by atoms with Crippen LogP contribution in [0.4, 0.5) is 0 Å². The van der Waals surface area contributed by atoms with Gasteiger partial charge < -0.3 is 10.2 Å². The molecular weight excluding hydrogens is 224 g/mol. The van der Waals surface area contributed by atoms with E-state index in [1.165, 1.54) is 12.8 Å². The van der Waals surface area contributed by atoms with Crippen molar-refractivity contribution < 1.29 is 4.79 Å². The molecule has 1 aliphatic carbocycles. The van der Waals surface area contributed by atoms with E-state index in [-0.39, 0.29) is 11.8 Å². The van der Waals surface area contributed by atoms with Crippen LogP contribution in [0.2, 0.25) is 0 Å². The molecule has 0 spiro atoms. The molecule has 0 heterocycles. The molecule has 1 N–H and O–H groups in total. The molecule has 2 rings (SSSR count). The van der Waals surface area contributed by atoms with Gasteiger partial charge in [0.15, 0.2) is 0 Å². The highest BCUT2D eigenvalue weighted by molar-refractivity contribution is 5.83. The van der Waals surface area contributed by atoms with E-state index in [1.54, 1.807) is 4.90 Å². The van der Waals surface area contributed by atoms with Crippen molar-refractivity contribution in [2.45, 2.75) is 31.2 Å². The molecule has 3 nitrogen and oxygen atoms in total. The Morgan fingerprint density at radius 2 is 2.00 bits per heavy atom. The first-order valence-corrected chi connectivity index (χ1v) is 6.68. The Labute approximate surface area is 109 Å². The van der Waals surface area contributed by atoms with Crippen molar-refractivity contribution in [1.82, 2.24) is 10.2 Å². The number of nitrogens with zero attached hydrogens (tertiary/aromatic N) is 1. The highest BCUT2D eigenvalue weighted by atomic mass is 16.2. The van der Waals surface area contributed by atoms with Crippen molar-refractivity contribution >= 4 is 5.91 Å². The molecule has 1 saturated carbocycles. The minimum Gasteiger partial charge on any atom is -0.348 e. The number of rotatable bonds is 6. The SMILES string of the molecule is CN(C)C(=O)C(CCNC1CC1)c1ccccc1. The average molecular weight is 246 g/mol. The molecule has 98 valence electrons. The number of carbonyl (C=O) groups excluding carboxylic acids is 1.